The number of pyridine rings is 1. The summed E-state index contributed by atoms with van der Waals surface area (Å²) < 4.78 is 32.0. The minimum Gasteiger partial charge on any atom is -0.465 e. The van der Waals surface area contributed by atoms with E-state index in [0.29, 0.717) is 24.1 Å². The summed E-state index contributed by atoms with van der Waals surface area (Å²) in [5.41, 5.74) is 0.817. The summed E-state index contributed by atoms with van der Waals surface area (Å²) in [7, 11) is 0. The van der Waals surface area contributed by atoms with Crippen LogP contribution in [0.5, 0.6) is 0 Å². The van der Waals surface area contributed by atoms with Crippen molar-refractivity contribution in [1.82, 2.24) is 4.98 Å². The number of ether oxygens (including phenoxy) is 1. The van der Waals surface area contributed by atoms with Crippen LogP contribution in [0.4, 0.5) is 8.78 Å². The normalized spacial score (nSPS) is 15.0. The number of nitriles is 1. The Morgan fingerprint density at radius 2 is 2.13 bits per heavy atom. The second-order valence-electron chi connectivity index (χ2n) is 5.26. The van der Waals surface area contributed by atoms with Crippen molar-refractivity contribution in [1.29, 1.82) is 5.26 Å². The Labute approximate surface area is 138 Å². The SMILES string of the molecule is CCOC(=O)C(C)Sc1nc2c(c(C(F)F)c1C#N)CCCC2. The third-order valence-electron chi connectivity index (χ3n) is 3.72. The molecule has 1 aliphatic rings. The molecule has 4 nitrogen and oxygen atoms in total. The number of thioether (sulfide) groups is 1. The van der Waals surface area contributed by atoms with Crippen LogP contribution in [0.2, 0.25) is 0 Å². The van der Waals surface area contributed by atoms with Crippen LogP contribution in [0.3, 0.4) is 0 Å². The van der Waals surface area contributed by atoms with Crippen LogP contribution < -0.4 is 0 Å². The van der Waals surface area contributed by atoms with E-state index in [1.165, 1.54) is 0 Å². The average Bonchev–Trinajstić information content (AvgIpc) is 2.53. The van der Waals surface area contributed by atoms with E-state index in [1.807, 2.05) is 6.07 Å². The summed E-state index contributed by atoms with van der Waals surface area (Å²) in [5.74, 6) is -0.445. The van der Waals surface area contributed by atoms with Gasteiger partial charge < -0.3 is 4.74 Å². The number of esters is 1. The van der Waals surface area contributed by atoms with Gasteiger partial charge in [-0.05, 0) is 45.1 Å². The van der Waals surface area contributed by atoms with Crippen molar-refractivity contribution in [2.75, 3.05) is 6.61 Å². The van der Waals surface area contributed by atoms with Gasteiger partial charge in [0.15, 0.2) is 0 Å². The smallest absolute Gasteiger partial charge is 0.319 e. The average molecular weight is 340 g/mol. The van der Waals surface area contributed by atoms with Crippen molar-refractivity contribution in [3.05, 3.63) is 22.4 Å². The van der Waals surface area contributed by atoms with Crippen molar-refractivity contribution >= 4 is 17.7 Å². The van der Waals surface area contributed by atoms with Crippen molar-refractivity contribution < 1.29 is 18.3 Å². The van der Waals surface area contributed by atoms with Crippen molar-refractivity contribution in [3.8, 4) is 6.07 Å². The molecule has 124 valence electrons. The molecule has 0 fully saturated rings. The number of carbonyl (C=O) groups excluding carboxylic acids is 1. The minimum atomic E-state index is -2.73. The number of fused-ring (bicyclic) bond motifs is 1. The minimum absolute atomic E-state index is 0.109. The molecule has 0 aromatic carbocycles. The molecule has 1 heterocycles. The quantitative estimate of drug-likeness (QED) is 0.602. The van der Waals surface area contributed by atoms with Gasteiger partial charge >= 0.3 is 5.97 Å². The first kappa shape index (κ1) is 17.7. The van der Waals surface area contributed by atoms with Crippen LogP contribution in [-0.2, 0) is 22.4 Å². The molecule has 0 aliphatic heterocycles. The number of rotatable bonds is 5. The van der Waals surface area contributed by atoms with Gasteiger partial charge in [-0.1, -0.05) is 11.8 Å². The monoisotopic (exact) mass is 340 g/mol. The lowest BCUT2D eigenvalue weighted by molar-refractivity contribution is -0.142. The molecule has 0 amide bonds. The maximum atomic E-state index is 13.5. The number of nitrogens with zero attached hydrogens (tertiary/aromatic N) is 2. The molecule has 1 atom stereocenters. The van der Waals surface area contributed by atoms with Gasteiger partial charge in [-0.2, -0.15) is 5.26 Å². The van der Waals surface area contributed by atoms with E-state index < -0.39 is 17.6 Å². The Bertz CT molecular complexity index is 644. The van der Waals surface area contributed by atoms with Gasteiger partial charge in [0.25, 0.3) is 6.43 Å². The fourth-order valence-electron chi connectivity index (χ4n) is 2.66. The number of carbonyl (C=O) groups is 1. The fraction of sp³-hybridized carbons (Fsp3) is 0.562. The van der Waals surface area contributed by atoms with Gasteiger partial charge in [0.05, 0.1) is 12.2 Å². The molecule has 0 N–H and O–H groups in total. The molecule has 1 aromatic rings. The van der Waals surface area contributed by atoms with Crippen molar-refractivity contribution in [3.63, 3.8) is 0 Å². The third kappa shape index (κ3) is 3.81. The Balaban J connectivity index is 2.45. The van der Waals surface area contributed by atoms with E-state index >= 15 is 0 Å². The Kier molecular flexibility index (Phi) is 5.94. The summed E-state index contributed by atoms with van der Waals surface area (Å²) in [6, 6.07) is 1.86. The molecule has 1 aromatic heterocycles. The highest BCUT2D eigenvalue weighted by atomic mass is 32.2. The van der Waals surface area contributed by atoms with E-state index in [-0.39, 0.29) is 22.8 Å². The van der Waals surface area contributed by atoms with Crippen molar-refractivity contribution in [2.24, 2.45) is 0 Å². The fourth-order valence-corrected chi connectivity index (χ4v) is 3.59. The Hall–Kier alpha value is -1.68. The number of aryl methyl sites for hydroxylation is 1. The number of alkyl halides is 2. The molecule has 0 saturated heterocycles. The molecule has 7 heteroatoms. The first-order valence-corrected chi connectivity index (χ1v) is 8.44. The van der Waals surface area contributed by atoms with Gasteiger partial charge in [-0.15, -0.1) is 0 Å². The maximum Gasteiger partial charge on any atom is 0.319 e. The second-order valence-corrected chi connectivity index (χ2v) is 6.59. The molecule has 1 unspecified atom stereocenters. The topological polar surface area (TPSA) is 63.0 Å². The summed E-state index contributed by atoms with van der Waals surface area (Å²) >= 11 is 1.01. The van der Waals surface area contributed by atoms with E-state index in [0.717, 1.165) is 24.6 Å². The number of aromatic nitrogens is 1. The third-order valence-corrected chi connectivity index (χ3v) is 4.79. The Morgan fingerprint density at radius 1 is 1.43 bits per heavy atom. The number of halogens is 2. The molecule has 0 saturated carbocycles. The lowest BCUT2D eigenvalue weighted by atomic mass is 9.90. The van der Waals surface area contributed by atoms with Gasteiger partial charge in [-0.25, -0.2) is 13.8 Å². The molecular formula is C16H18F2N2O2S. The van der Waals surface area contributed by atoms with Crippen molar-refractivity contribution in [2.45, 2.75) is 56.2 Å². The van der Waals surface area contributed by atoms with Crippen LogP contribution >= 0.6 is 11.8 Å². The predicted octanol–water partition coefficient (Wildman–Crippen LogP) is 3.81. The zero-order valence-electron chi connectivity index (χ0n) is 13.1. The van der Waals surface area contributed by atoms with Gasteiger partial charge in [0.2, 0.25) is 0 Å². The van der Waals surface area contributed by atoms with E-state index in [4.69, 9.17) is 4.74 Å². The summed E-state index contributed by atoms with van der Waals surface area (Å²) in [6.07, 6.45) is 0.144. The highest BCUT2D eigenvalue weighted by molar-refractivity contribution is 8.00. The zero-order valence-corrected chi connectivity index (χ0v) is 13.9. The Morgan fingerprint density at radius 3 is 2.74 bits per heavy atom. The summed E-state index contributed by atoms with van der Waals surface area (Å²) in [6.45, 7) is 3.56. The summed E-state index contributed by atoms with van der Waals surface area (Å²) in [5, 5.41) is 8.94. The molecule has 0 radical (unpaired) electrons. The van der Waals surface area contributed by atoms with Crippen LogP contribution in [-0.4, -0.2) is 22.8 Å². The molecule has 0 bridgehead atoms. The predicted molar refractivity (Wildman–Crippen MR) is 82.5 cm³/mol. The molecule has 23 heavy (non-hydrogen) atoms. The van der Waals surface area contributed by atoms with Crippen LogP contribution in [0.1, 0.15) is 55.5 Å². The molecular weight excluding hydrogens is 322 g/mol. The van der Waals surface area contributed by atoms with Crippen LogP contribution in [0, 0.1) is 11.3 Å². The highest BCUT2D eigenvalue weighted by Crippen LogP contribution is 2.37. The number of hydrogen-bond donors (Lipinski definition) is 0. The van der Waals surface area contributed by atoms with E-state index in [2.05, 4.69) is 4.98 Å². The molecule has 0 spiro atoms. The lowest BCUT2D eigenvalue weighted by Crippen LogP contribution is -2.18. The second kappa shape index (κ2) is 7.73. The van der Waals surface area contributed by atoms with Gasteiger partial charge in [0, 0.05) is 11.3 Å². The molecule has 2 rings (SSSR count). The highest BCUT2D eigenvalue weighted by Gasteiger charge is 2.28. The lowest BCUT2D eigenvalue weighted by Gasteiger charge is -2.22. The largest absolute Gasteiger partial charge is 0.465 e. The van der Waals surface area contributed by atoms with Gasteiger partial charge in [0.1, 0.15) is 16.3 Å². The van der Waals surface area contributed by atoms with Crippen LogP contribution in [0.25, 0.3) is 0 Å². The van der Waals surface area contributed by atoms with Crippen LogP contribution in [0.15, 0.2) is 5.03 Å². The first-order valence-electron chi connectivity index (χ1n) is 7.56. The van der Waals surface area contributed by atoms with E-state index in [9.17, 15) is 18.8 Å². The molecule has 1 aliphatic carbocycles. The number of hydrogen-bond acceptors (Lipinski definition) is 5. The van der Waals surface area contributed by atoms with E-state index in [1.54, 1.807) is 13.8 Å². The standard InChI is InChI=1S/C16H18F2N2O2S/c1-3-22-16(21)9(2)23-15-11(8-19)13(14(17)18)10-6-4-5-7-12(10)20-15/h9,14H,3-7H2,1-2H3. The maximum absolute atomic E-state index is 13.5. The first-order chi connectivity index (χ1) is 11.0. The summed E-state index contributed by atoms with van der Waals surface area (Å²) in [4.78, 5) is 16.2. The zero-order chi connectivity index (χ0) is 17.0. The van der Waals surface area contributed by atoms with Gasteiger partial charge in [-0.3, -0.25) is 4.79 Å².